The zero-order chi connectivity index (χ0) is 9.97. The third kappa shape index (κ3) is 1.84. The van der Waals surface area contributed by atoms with Crippen LogP contribution in [0.5, 0.6) is 0 Å². The van der Waals surface area contributed by atoms with Gasteiger partial charge in [-0.15, -0.1) is 0 Å². The standard InChI is InChI=1S/C8H11N3O2S/c12-7(13)6(5-2-1-3-5)11-8-9-4-10-14-8/h4-6H,1-3H2,(H,12,13)(H,9,10,11). The summed E-state index contributed by atoms with van der Waals surface area (Å²) in [6.45, 7) is 0. The number of aliphatic carboxylic acids is 1. The number of hydrogen-bond acceptors (Lipinski definition) is 5. The zero-order valence-corrected chi connectivity index (χ0v) is 8.33. The maximum atomic E-state index is 11.0. The fourth-order valence-corrected chi connectivity index (χ4v) is 1.99. The third-order valence-corrected chi connectivity index (χ3v) is 3.12. The van der Waals surface area contributed by atoms with E-state index in [1.165, 1.54) is 17.9 Å². The number of anilines is 1. The van der Waals surface area contributed by atoms with Crippen LogP contribution in [0.2, 0.25) is 0 Å². The van der Waals surface area contributed by atoms with Crippen molar-refractivity contribution in [2.75, 3.05) is 5.32 Å². The molecule has 14 heavy (non-hydrogen) atoms. The first kappa shape index (κ1) is 9.39. The Hall–Kier alpha value is -1.17. The Labute approximate surface area is 85.3 Å². The molecule has 0 spiro atoms. The van der Waals surface area contributed by atoms with Crippen molar-refractivity contribution >= 4 is 22.6 Å². The number of aromatic nitrogens is 2. The van der Waals surface area contributed by atoms with Crippen molar-refractivity contribution < 1.29 is 9.90 Å². The second kappa shape index (κ2) is 3.91. The van der Waals surface area contributed by atoms with E-state index in [2.05, 4.69) is 14.7 Å². The molecular weight excluding hydrogens is 202 g/mol. The largest absolute Gasteiger partial charge is 0.480 e. The van der Waals surface area contributed by atoms with E-state index in [1.807, 2.05) is 0 Å². The Kier molecular flexibility index (Phi) is 2.62. The van der Waals surface area contributed by atoms with Crippen molar-refractivity contribution in [3.8, 4) is 0 Å². The molecule has 2 N–H and O–H groups in total. The molecule has 1 aromatic heterocycles. The summed E-state index contributed by atoms with van der Waals surface area (Å²) in [5, 5.41) is 12.5. The van der Waals surface area contributed by atoms with Crippen LogP contribution in [0.15, 0.2) is 6.33 Å². The smallest absolute Gasteiger partial charge is 0.326 e. The molecule has 0 amide bonds. The summed E-state index contributed by atoms with van der Waals surface area (Å²) < 4.78 is 3.81. The molecule has 2 rings (SSSR count). The number of nitrogens with zero attached hydrogens (tertiary/aromatic N) is 2. The highest BCUT2D eigenvalue weighted by molar-refractivity contribution is 7.09. The molecule has 1 aliphatic rings. The molecule has 76 valence electrons. The molecule has 5 nitrogen and oxygen atoms in total. The van der Waals surface area contributed by atoms with Gasteiger partial charge in [-0.2, -0.15) is 4.37 Å². The minimum atomic E-state index is -0.801. The molecule has 1 aromatic rings. The van der Waals surface area contributed by atoms with Gasteiger partial charge in [-0.05, 0) is 18.8 Å². The summed E-state index contributed by atoms with van der Waals surface area (Å²) >= 11 is 1.19. The second-order valence-corrected chi connectivity index (χ2v) is 4.18. The summed E-state index contributed by atoms with van der Waals surface area (Å²) in [5.41, 5.74) is 0. The molecular formula is C8H11N3O2S. The molecule has 1 heterocycles. The summed E-state index contributed by atoms with van der Waals surface area (Å²) in [6, 6.07) is -0.503. The average Bonchev–Trinajstić information content (AvgIpc) is 2.52. The Morgan fingerprint density at radius 1 is 1.71 bits per heavy atom. The van der Waals surface area contributed by atoms with Crippen LogP contribution in [0, 0.1) is 5.92 Å². The first-order chi connectivity index (χ1) is 6.77. The van der Waals surface area contributed by atoms with Gasteiger partial charge in [-0.3, -0.25) is 0 Å². The van der Waals surface area contributed by atoms with Crippen LogP contribution in [0.25, 0.3) is 0 Å². The second-order valence-electron chi connectivity index (χ2n) is 3.40. The highest BCUT2D eigenvalue weighted by atomic mass is 32.1. The van der Waals surface area contributed by atoms with Crippen molar-refractivity contribution in [1.29, 1.82) is 0 Å². The number of carboxylic acids is 1. The first-order valence-electron chi connectivity index (χ1n) is 4.53. The van der Waals surface area contributed by atoms with Crippen molar-refractivity contribution in [1.82, 2.24) is 9.36 Å². The molecule has 0 bridgehead atoms. The van der Waals surface area contributed by atoms with Gasteiger partial charge in [0.2, 0.25) is 5.13 Å². The fourth-order valence-electron chi connectivity index (χ4n) is 1.52. The van der Waals surface area contributed by atoms with E-state index in [4.69, 9.17) is 5.11 Å². The maximum Gasteiger partial charge on any atom is 0.326 e. The molecule has 0 aromatic carbocycles. The molecule has 0 saturated heterocycles. The molecule has 6 heteroatoms. The SMILES string of the molecule is O=C(O)C(Nc1ncns1)C1CCC1. The zero-order valence-electron chi connectivity index (χ0n) is 7.51. The summed E-state index contributed by atoms with van der Waals surface area (Å²) in [4.78, 5) is 14.9. The van der Waals surface area contributed by atoms with Gasteiger partial charge < -0.3 is 10.4 Å². The number of carbonyl (C=O) groups is 1. The summed E-state index contributed by atoms with van der Waals surface area (Å²) in [6.07, 6.45) is 4.53. The van der Waals surface area contributed by atoms with Crippen LogP contribution >= 0.6 is 11.5 Å². The van der Waals surface area contributed by atoms with E-state index in [9.17, 15) is 4.79 Å². The lowest BCUT2D eigenvalue weighted by atomic mass is 9.80. The molecule has 1 atom stereocenters. The van der Waals surface area contributed by atoms with Gasteiger partial charge in [0.25, 0.3) is 0 Å². The van der Waals surface area contributed by atoms with Crippen molar-refractivity contribution in [2.45, 2.75) is 25.3 Å². The predicted octanol–water partition coefficient (Wildman–Crippen LogP) is 1.20. The summed E-state index contributed by atoms with van der Waals surface area (Å²) in [5.74, 6) is -0.554. The Bertz CT molecular complexity index is 310. The van der Waals surface area contributed by atoms with Gasteiger partial charge in [0, 0.05) is 11.5 Å². The molecule has 0 aliphatic heterocycles. The van der Waals surface area contributed by atoms with Gasteiger partial charge in [0.05, 0.1) is 0 Å². The van der Waals surface area contributed by atoms with Crippen molar-refractivity contribution in [3.63, 3.8) is 0 Å². The molecule has 1 aliphatic carbocycles. The average molecular weight is 213 g/mol. The van der Waals surface area contributed by atoms with Crippen LogP contribution < -0.4 is 5.32 Å². The van der Waals surface area contributed by atoms with E-state index < -0.39 is 12.0 Å². The Morgan fingerprint density at radius 2 is 2.50 bits per heavy atom. The molecule has 1 saturated carbocycles. The van der Waals surface area contributed by atoms with Crippen LogP contribution in [-0.2, 0) is 4.79 Å². The lowest BCUT2D eigenvalue weighted by molar-refractivity contribution is -0.139. The topological polar surface area (TPSA) is 75.1 Å². The van der Waals surface area contributed by atoms with E-state index in [-0.39, 0.29) is 5.92 Å². The number of rotatable bonds is 4. The van der Waals surface area contributed by atoms with Gasteiger partial charge >= 0.3 is 5.97 Å². The van der Waals surface area contributed by atoms with Gasteiger partial charge in [-0.1, -0.05) is 6.42 Å². The number of nitrogens with one attached hydrogen (secondary N) is 1. The Morgan fingerprint density at radius 3 is 2.93 bits per heavy atom. The minimum absolute atomic E-state index is 0.247. The maximum absolute atomic E-state index is 11.0. The highest BCUT2D eigenvalue weighted by Crippen LogP contribution is 2.31. The van der Waals surface area contributed by atoms with Crippen LogP contribution in [0.1, 0.15) is 19.3 Å². The molecule has 1 unspecified atom stereocenters. The monoisotopic (exact) mass is 213 g/mol. The van der Waals surface area contributed by atoms with Gasteiger partial charge in [0.15, 0.2) is 0 Å². The van der Waals surface area contributed by atoms with Crippen LogP contribution in [0.4, 0.5) is 5.13 Å². The normalized spacial score (nSPS) is 18.6. The molecule has 0 radical (unpaired) electrons. The fraction of sp³-hybridized carbons (Fsp3) is 0.625. The third-order valence-electron chi connectivity index (χ3n) is 2.53. The van der Waals surface area contributed by atoms with Crippen LogP contribution in [-0.4, -0.2) is 26.5 Å². The lowest BCUT2D eigenvalue weighted by Gasteiger charge is -2.31. The van der Waals surface area contributed by atoms with Crippen molar-refractivity contribution in [2.24, 2.45) is 5.92 Å². The highest BCUT2D eigenvalue weighted by Gasteiger charge is 2.32. The first-order valence-corrected chi connectivity index (χ1v) is 5.31. The molecule has 1 fully saturated rings. The Balaban J connectivity index is 2.00. The quantitative estimate of drug-likeness (QED) is 0.786. The summed E-state index contributed by atoms with van der Waals surface area (Å²) in [7, 11) is 0. The van der Waals surface area contributed by atoms with Gasteiger partial charge in [0.1, 0.15) is 12.4 Å². The predicted molar refractivity (Wildman–Crippen MR) is 52.3 cm³/mol. The lowest BCUT2D eigenvalue weighted by Crippen LogP contribution is -2.40. The minimum Gasteiger partial charge on any atom is -0.480 e. The van der Waals surface area contributed by atoms with Crippen LogP contribution in [0.3, 0.4) is 0 Å². The number of carboxylic acid groups (broad SMARTS) is 1. The van der Waals surface area contributed by atoms with Gasteiger partial charge in [-0.25, -0.2) is 9.78 Å². The van der Waals surface area contributed by atoms with Crippen molar-refractivity contribution in [3.05, 3.63) is 6.33 Å². The van der Waals surface area contributed by atoms with E-state index in [0.29, 0.717) is 5.13 Å². The van der Waals surface area contributed by atoms with E-state index in [0.717, 1.165) is 19.3 Å². The van der Waals surface area contributed by atoms with E-state index >= 15 is 0 Å². The van der Waals surface area contributed by atoms with E-state index in [1.54, 1.807) is 0 Å². The number of hydrogen-bond donors (Lipinski definition) is 2.